The third kappa shape index (κ3) is 5.14. The molecule has 5 rings (SSSR count). The molecule has 2 aromatic heterocycles. The van der Waals surface area contributed by atoms with Crippen molar-refractivity contribution in [2.45, 2.75) is 19.4 Å². The molecule has 35 heavy (non-hydrogen) atoms. The van der Waals surface area contributed by atoms with Crippen molar-refractivity contribution in [3.05, 3.63) is 81.2 Å². The number of hydrogen-bond donors (Lipinski definition) is 3. The highest BCUT2D eigenvalue weighted by molar-refractivity contribution is 7.12. The summed E-state index contributed by atoms with van der Waals surface area (Å²) in [6.45, 7) is 3.10. The largest absolute Gasteiger partial charge is 0.337 e. The molecule has 0 saturated carbocycles. The minimum Gasteiger partial charge on any atom is -0.337 e. The lowest BCUT2D eigenvalue weighted by atomic mass is 10.1. The number of carbonyl (C=O) groups is 2. The number of rotatable bonds is 5. The summed E-state index contributed by atoms with van der Waals surface area (Å²) in [5, 5.41) is 13.3. The van der Waals surface area contributed by atoms with Gasteiger partial charge in [0.1, 0.15) is 0 Å². The Morgan fingerprint density at radius 3 is 2.77 bits per heavy atom. The van der Waals surface area contributed by atoms with Crippen LogP contribution in [0.25, 0.3) is 23.1 Å². The van der Waals surface area contributed by atoms with Gasteiger partial charge in [-0.2, -0.15) is 5.10 Å². The normalized spacial score (nSPS) is 15.5. The van der Waals surface area contributed by atoms with Gasteiger partial charge in [0.05, 0.1) is 16.1 Å². The Labute approximate surface area is 213 Å². The number of carbonyl (C=O) groups excluding carboxylic acids is 2. The third-order valence-electron chi connectivity index (χ3n) is 6.05. The average molecular weight is 508 g/mol. The Balaban J connectivity index is 0.00000289. The summed E-state index contributed by atoms with van der Waals surface area (Å²) in [7, 11) is 0. The number of H-pyrrole nitrogens is 1. The van der Waals surface area contributed by atoms with Crippen molar-refractivity contribution < 1.29 is 9.59 Å². The van der Waals surface area contributed by atoms with Crippen molar-refractivity contribution in [2.75, 3.05) is 18.4 Å². The smallest absolute Gasteiger partial charge is 0.266 e. The number of halogens is 1. The van der Waals surface area contributed by atoms with E-state index in [1.54, 1.807) is 17.0 Å². The van der Waals surface area contributed by atoms with Gasteiger partial charge >= 0.3 is 0 Å². The van der Waals surface area contributed by atoms with Crippen LogP contribution >= 0.6 is 23.7 Å². The molecule has 1 fully saturated rings. The van der Waals surface area contributed by atoms with Crippen LogP contribution in [0.4, 0.5) is 5.69 Å². The maximum atomic E-state index is 13.0. The minimum absolute atomic E-state index is 0. The molecule has 2 amide bonds. The molecule has 0 bridgehead atoms. The monoisotopic (exact) mass is 507 g/mol. The molecule has 1 atom stereocenters. The topological polar surface area (TPSA) is 104 Å². The van der Waals surface area contributed by atoms with Crippen LogP contribution in [0, 0.1) is 6.92 Å². The van der Waals surface area contributed by atoms with E-state index in [0.29, 0.717) is 29.2 Å². The molecule has 4 aromatic rings. The van der Waals surface area contributed by atoms with Gasteiger partial charge in [-0.1, -0.05) is 30.3 Å². The number of aromatic amines is 1. The second-order valence-electron chi connectivity index (χ2n) is 8.48. The van der Waals surface area contributed by atoms with Crippen LogP contribution in [0.15, 0.2) is 53.9 Å². The van der Waals surface area contributed by atoms with Gasteiger partial charge in [-0.05, 0) is 60.2 Å². The second kappa shape index (κ2) is 10.4. The van der Waals surface area contributed by atoms with E-state index in [9.17, 15) is 9.59 Å². The Morgan fingerprint density at radius 2 is 2.03 bits per heavy atom. The van der Waals surface area contributed by atoms with E-state index in [1.807, 2.05) is 60.9 Å². The number of anilines is 1. The Bertz CT molecular complexity index is 1410. The van der Waals surface area contributed by atoms with Crippen molar-refractivity contribution in [2.24, 2.45) is 5.73 Å². The van der Waals surface area contributed by atoms with Crippen molar-refractivity contribution >= 4 is 64.3 Å². The number of aromatic nitrogens is 2. The van der Waals surface area contributed by atoms with Crippen molar-refractivity contribution in [1.29, 1.82) is 0 Å². The van der Waals surface area contributed by atoms with Gasteiger partial charge in [-0.15, -0.1) is 23.7 Å². The highest BCUT2D eigenvalue weighted by Gasteiger charge is 2.25. The summed E-state index contributed by atoms with van der Waals surface area (Å²) < 4.78 is 0. The zero-order valence-electron chi connectivity index (χ0n) is 19.2. The number of benzene rings is 2. The van der Waals surface area contributed by atoms with E-state index < -0.39 is 0 Å². The number of aryl methyl sites for hydroxylation is 1. The number of likely N-dealkylation sites (tertiary alicyclic amines) is 1. The van der Waals surface area contributed by atoms with E-state index in [2.05, 4.69) is 15.5 Å². The molecule has 9 heteroatoms. The van der Waals surface area contributed by atoms with Crippen molar-refractivity contribution in [3.8, 4) is 0 Å². The lowest BCUT2D eigenvalue weighted by Gasteiger charge is -2.17. The first-order valence-corrected chi connectivity index (χ1v) is 12.0. The third-order valence-corrected chi connectivity index (χ3v) is 7.06. The van der Waals surface area contributed by atoms with Gasteiger partial charge in [-0.3, -0.25) is 14.7 Å². The van der Waals surface area contributed by atoms with Crippen LogP contribution in [0.5, 0.6) is 0 Å². The van der Waals surface area contributed by atoms with Crippen LogP contribution in [0.2, 0.25) is 0 Å². The molecule has 1 aliphatic heterocycles. The van der Waals surface area contributed by atoms with E-state index in [4.69, 9.17) is 5.73 Å². The standard InChI is InChI=1S/C26H25N5O2S.ClH/c1-16-11-13-34-24(16)25(32)28-23-14-18(26(33)31-12-10-19(27)15-31)7-6-17(23)8-9-22-20-4-2-3-5-21(20)29-30-22;/h2-9,11,13-14,19H,10,12,15,27H2,1H3,(H,28,32)(H,29,30);1H/b9-8+;/t19-;/m1./s1. The fourth-order valence-corrected chi connectivity index (χ4v) is 4.98. The lowest BCUT2D eigenvalue weighted by Crippen LogP contribution is -2.31. The highest BCUT2D eigenvalue weighted by atomic mass is 35.5. The number of amides is 2. The van der Waals surface area contributed by atoms with Gasteiger partial charge in [0.2, 0.25) is 0 Å². The van der Waals surface area contributed by atoms with Gasteiger partial charge in [0.15, 0.2) is 0 Å². The first-order chi connectivity index (χ1) is 16.5. The summed E-state index contributed by atoms with van der Waals surface area (Å²) in [5.74, 6) is -0.273. The number of hydrogen-bond acceptors (Lipinski definition) is 5. The van der Waals surface area contributed by atoms with Crippen LogP contribution < -0.4 is 11.1 Å². The van der Waals surface area contributed by atoms with Gasteiger partial charge in [-0.25, -0.2) is 0 Å². The quantitative estimate of drug-likeness (QED) is 0.355. The zero-order valence-corrected chi connectivity index (χ0v) is 20.8. The molecular weight excluding hydrogens is 482 g/mol. The molecule has 2 aromatic carbocycles. The molecule has 180 valence electrons. The average Bonchev–Trinajstić information content (AvgIpc) is 3.57. The second-order valence-corrected chi connectivity index (χ2v) is 9.39. The van der Waals surface area contributed by atoms with E-state index in [0.717, 1.165) is 34.1 Å². The summed E-state index contributed by atoms with van der Waals surface area (Å²) >= 11 is 1.39. The van der Waals surface area contributed by atoms with E-state index >= 15 is 0 Å². The molecule has 1 aliphatic rings. The maximum Gasteiger partial charge on any atom is 0.266 e. The summed E-state index contributed by atoms with van der Waals surface area (Å²) in [6.07, 6.45) is 4.60. The van der Waals surface area contributed by atoms with Gasteiger partial charge < -0.3 is 16.0 Å². The molecule has 3 heterocycles. The first kappa shape index (κ1) is 24.7. The number of fused-ring (bicyclic) bond motifs is 1. The maximum absolute atomic E-state index is 13.0. The number of thiophene rings is 1. The summed E-state index contributed by atoms with van der Waals surface area (Å²) in [5.41, 5.74) is 10.5. The molecule has 1 saturated heterocycles. The van der Waals surface area contributed by atoms with Crippen LogP contribution in [0.3, 0.4) is 0 Å². The molecule has 0 spiro atoms. The van der Waals surface area contributed by atoms with E-state index in [1.165, 1.54) is 11.3 Å². The molecular formula is C26H26ClN5O2S. The van der Waals surface area contributed by atoms with E-state index in [-0.39, 0.29) is 30.3 Å². The van der Waals surface area contributed by atoms with Gasteiger partial charge in [0.25, 0.3) is 11.8 Å². The zero-order chi connectivity index (χ0) is 23.7. The molecule has 0 radical (unpaired) electrons. The number of nitrogens with two attached hydrogens (primary N) is 1. The Morgan fingerprint density at radius 1 is 1.20 bits per heavy atom. The minimum atomic E-state index is -0.194. The first-order valence-electron chi connectivity index (χ1n) is 11.1. The fourth-order valence-electron chi connectivity index (χ4n) is 4.16. The Kier molecular flexibility index (Phi) is 7.35. The van der Waals surface area contributed by atoms with Crippen molar-refractivity contribution in [1.82, 2.24) is 15.1 Å². The van der Waals surface area contributed by atoms with Crippen LogP contribution in [-0.2, 0) is 0 Å². The fraction of sp³-hybridized carbons (Fsp3) is 0.192. The molecule has 4 N–H and O–H groups in total. The molecule has 0 aliphatic carbocycles. The van der Waals surface area contributed by atoms with Crippen LogP contribution in [0.1, 0.15) is 43.3 Å². The number of para-hydroxylation sites is 1. The van der Waals surface area contributed by atoms with Crippen molar-refractivity contribution in [3.63, 3.8) is 0 Å². The Hall–Kier alpha value is -3.46. The SMILES string of the molecule is Cc1ccsc1C(=O)Nc1cc(C(=O)N2CC[C@@H](N)C2)ccc1/C=C/c1n[nH]c2ccccc12.Cl. The predicted molar refractivity (Wildman–Crippen MR) is 144 cm³/mol. The molecule has 0 unspecified atom stereocenters. The predicted octanol–water partition coefficient (Wildman–Crippen LogP) is 4.95. The lowest BCUT2D eigenvalue weighted by molar-refractivity contribution is 0.0790. The number of nitrogens with zero attached hydrogens (tertiary/aromatic N) is 2. The summed E-state index contributed by atoms with van der Waals surface area (Å²) in [4.78, 5) is 28.4. The summed E-state index contributed by atoms with van der Waals surface area (Å²) in [6, 6.07) is 15.2. The van der Waals surface area contributed by atoms with Gasteiger partial charge in [0, 0.05) is 35.8 Å². The highest BCUT2D eigenvalue weighted by Crippen LogP contribution is 2.26. The van der Waals surface area contributed by atoms with Crippen LogP contribution in [-0.4, -0.2) is 46.0 Å². The molecule has 7 nitrogen and oxygen atoms in total. The number of nitrogens with one attached hydrogen (secondary N) is 2.